The van der Waals surface area contributed by atoms with Gasteiger partial charge in [0.25, 0.3) is 5.56 Å². The van der Waals surface area contributed by atoms with E-state index in [1.54, 1.807) is 0 Å². The molecule has 0 aliphatic carbocycles. The van der Waals surface area contributed by atoms with E-state index in [2.05, 4.69) is 20.9 Å². The molecule has 0 atom stereocenters. The molecule has 1 saturated heterocycles. The van der Waals surface area contributed by atoms with Gasteiger partial charge in [-0.2, -0.15) is 0 Å². The van der Waals surface area contributed by atoms with Crippen molar-refractivity contribution in [3.63, 3.8) is 0 Å². The third-order valence-electron chi connectivity index (χ3n) is 3.84. The maximum absolute atomic E-state index is 11.5. The number of benzene rings is 1. The molecule has 1 fully saturated rings. The van der Waals surface area contributed by atoms with Crippen LogP contribution in [0.3, 0.4) is 0 Å². The summed E-state index contributed by atoms with van der Waals surface area (Å²) in [6.07, 6.45) is 5.06. The first kappa shape index (κ1) is 13.8. The van der Waals surface area contributed by atoms with Crippen LogP contribution < -0.4 is 5.56 Å². The van der Waals surface area contributed by atoms with Crippen LogP contribution in [0.5, 0.6) is 5.75 Å². The lowest BCUT2D eigenvalue weighted by Gasteiger charge is -2.26. The molecule has 0 spiro atoms. The van der Waals surface area contributed by atoms with Gasteiger partial charge in [0.2, 0.25) is 0 Å². The van der Waals surface area contributed by atoms with E-state index in [0.717, 1.165) is 25.2 Å². The predicted molar refractivity (Wildman–Crippen MR) is 81.1 cm³/mol. The van der Waals surface area contributed by atoms with Gasteiger partial charge in [-0.3, -0.25) is 9.69 Å². The molecular weight excluding hydrogens is 266 g/mol. The predicted octanol–water partition coefficient (Wildman–Crippen LogP) is 2.13. The number of aromatic nitrogens is 2. The van der Waals surface area contributed by atoms with Gasteiger partial charge in [-0.15, -0.1) is 0 Å². The van der Waals surface area contributed by atoms with Crippen LogP contribution in [0.1, 0.15) is 24.8 Å². The average molecular weight is 285 g/mol. The second-order valence-corrected chi connectivity index (χ2v) is 5.48. The minimum atomic E-state index is -0.513. The number of piperidine rings is 1. The minimum Gasteiger partial charge on any atom is -0.502 e. The first-order valence-corrected chi connectivity index (χ1v) is 7.32. The van der Waals surface area contributed by atoms with Gasteiger partial charge in [-0.1, -0.05) is 24.6 Å². The lowest BCUT2D eigenvalue weighted by Crippen LogP contribution is -2.29. The maximum Gasteiger partial charge on any atom is 0.293 e. The molecule has 21 heavy (non-hydrogen) atoms. The number of nitrogens with zero attached hydrogens (tertiary/aromatic N) is 2. The summed E-state index contributed by atoms with van der Waals surface area (Å²) in [5, 5.41) is 9.25. The highest BCUT2D eigenvalue weighted by molar-refractivity contribution is 5.55. The highest BCUT2D eigenvalue weighted by atomic mass is 16.3. The van der Waals surface area contributed by atoms with Crippen LogP contribution in [-0.2, 0) is 6.54 Å². The Morgan fingerprint density at radius 3 is 2.81 bits per heavy atom. The summed E-state index contributed by atoms with van der Waals surface area (Å²) < 4.78 is 0. The molecule has 0 radical (unpaired) electrons. The van der Waals surface area contributed by atoms with Gasteiger partial charge in [0.15, 0.2) is 5.75 Å². The number of nitrogens with one attached hydrogen (secondary N) is 1. The number of hydrogen-bond acceptors (Lipinski definition) is 4. The van der Waals surface area contributed by atoms with Crippen molar-refractivity contribution in [3.05, 3.63) is 46.4 Å². The molecule has 0 amide bonds. The van der Waals surface area contributed by atoms with Crippen molar-refractivity contribution in [2.45, 2.75) is 25.8 Å². The average Bonchev–Trinajstić information content (AvgIpc) is 2.51. The molecule has 110 valence electrons. The Bertz CT molecular complexity index is 675. The van der Waals surface area contributed by atoms with Crippen molar-refractivity contribution in [2.24, 2.45) is 0 Å². The fourth-order valence-corrected chi connectivity index (χ4v) is 2.73. The monoisotopic (exact) mass is 285 g/mol. The van der Waals surface area contributed by atoms with E-state index in [9.17, 15) is 9.90 Å². The highest BCUT2D eigenvalue weighted by Gasteiger charge is 2.11. The molecule has 5 heteroatoms. The van der Waals surface area contributed by atoms with Crippen LogP contribution >= 0.6 is 0 Å². The second-order valence-electron chi connectivity index (χ2n) is 5.48. The van der Waals surface area contributed by atoms with Gasteiger partial charge in [0.1, 0.15) is 5.82 Å². The Morgan fingerprint density at radius 2 is 2.05 bits per heavy atom. The lowest BCUT2D eigenvalue weighted by atomic mass is 10.1. The van der Waals surface area contributed by atoms with Gasteiger partial charge < -0.3 is 10.1 Å². The number of aromatic amines is 1. The van der Waals surface area contributed by atoms with Crippen molar-refractivity contribution in [3.8, 4) is 17.1 Å². The van der Waals surface area contributed by atoms with E-state index < -0.39 is 5.56 Å². The number of likely N-dealkylation sites (tertiary alicyclic amines) is 1. The molecule has 5 nitrogen and oxygen atoms in total. The largest absolute Gasteiger partial charge is 0.502 e. The summed E-state index contributed by atoms with van der Waals surface area (Å²) in [6.45, 7) is 3.23. The van der Waals surface area contributed by atoms with E-state index in [-0.39, 0.29) is 5.75 Å². The van der Waals surface area contributed by atoms with Crippen LogP contribution in [0.25, 0.3) is 11.4 Å². The SMILES string of the molecule is O=c1[nH]c(-c2cccc(CN3CCCCC3)c2)ncc1O. The molecule has 1 aliphatic heterocycles. The van der Waals surface area contributed by atoms with Crippen LogP contribution in [-0.4, -0.2) is 33.1 Å². The fraction of sp³-hybridized carbons (Fsp3) is 0.375. The Morgan fingerprint density at radius 1 is 1.24 bits per heavy atom. The Hall–Kier alpha value is -2.14. The Labute approximate surface area is 123 Å². The molecule has 0 bridgehead atoms. The highest BCUT2D eigenvalue weighted by Crippen LogP contribution is 2.18. The summed E-state index contributed by atoms with van der Waals surface area (Å²) in [7, 11) is 0. The summed E-state index contributed by atoms with van der Waals surface area (Å²) in [5.41, 5.74) is 1.56. The van der Waals surface area contributed by atoms with Gasteiger partial charge in [0.05, 0.1) is 6.20 Å². The summed E-state index contributed by atoms with van der Waals surface area (Å²) in [4.78, 5) is 20.6. The normalized spacial score (nSPS) is 16.0. The minimum absolute atomic E-state index is 0.358. The zero-order valence-electron chi connectivity index (χ0n) is 11.9. The fourth-order valence-electron chi connectivity index (χ4n) is 2.73. The van der Waals surface area contributed by atoms with Gasteiger partial charge in [0, 0.05) is 12.1 Å². The lowest BCUT2D eigenvalue weighted by molar-refractivity contribution is 0.221. The molecule has 2 aromatic rings. The topological polar surface area (TPSA) is 69.2 Å². The van der Waals surface area contributed by atoms with Crippen LogP contribution in [0.15, 0.2) is 35.3 Å². The zero-order valence-corrected chi connectivity index (χ0v) is 11.9. The summed E-state index contributed by atoms with van der Waals surface area (Å²) >= 11 is 0. The Balaban J connectivity index is 1.81. The first-order chi connectivity index (χ1) is 10.2. The van der Waals surface area contributed by atoms with E-state index in [0.29, 0.717) is 5.82 Å². The molecule has 1 aromatic carbocycles. The van der Waals surface area contributed by atoms with E-state index >= 15 is 0 Å². The molecule has 2 heterocycles. The smallest absolute Gasteiger partial charge is 0.293 e. The molecular formula is C16H19N3O2. The summed E-state index contributed by atoms with van der Waals surface area (Å²) in [5.74, 6) is 0.126. The van der Waals surface area contributed by atoms with Gasteiger partial charge >= 0.3 is 0 Å². The molecule has 0 unspecified atom stereocenters. The third kappa shape index (κ3) is 3.31. The van der Waals surface area contributed by atoms with E-state index in [4.69, 9.17) is 0 Å². The number of rotatable bonds is 3. The summed E-state index contributed by atoms with van der Waals surface area (Å²) in [6, 6.07) is 8.02. The van der Waals surface area contributed by atoms with Crippen molar-refractivity contribution >= 4 is 0 Å². The Kier molecular flexibility index (Phi) is 4.01. The first-order valence-electron chi connectivity index (χ1n) is 7.32. The second kappa shape index (κ2) is 6.10. The van der Waals surface area contributed by atoms with Crippen LogP contribution in [0.2, 0.25) is 0 Å². The quantitative estimate of drug-likeness (QED) is 0.906. The number of aromatic hydroxyl groups is 1. The number of H-pyrrole nitrogens is 1. The van der Waals surface area contributed by atoms with Crippen molar-refractivity contribution < 1.29 is 5.11 Å². The number of hydrogen-bond donors (Lipinski definition) is 2. The molecule has 1 aromatic heterocycles. The van der Waals surface area contributed by atoms with E-state index in [1.165, 1.54) is 31.0 Å². The van der Waals surface area contributed by atoms with Crippen LogP contribution in [0.4, 0.5) is 0 Å². The maximum atomic E-state index is 11.5. The van der Waals surface area contributed by atoms with Gasteiger partial charge in [-0.05, 0) is 37.6 Å². The zero-order chi connectivity index (χ0) is 14.7. The molecule has 3 rings (SSSR count). The van der Waals surface area contributed by atoms with Crippen molar-refractivity contribution in [1.29, 1.82) is 0 Å². The molecule has 0 saturated carbocycles. The molecule has 2 N–H and O–H groups in total. The van der Waals surface area contributed by atoms with Crippen molar-refractivity contribution in [2.75, 3.05) is 13.1 Å². The standard InChI is InChI=1S/C16H19N3O2/c20-14-10-17-15(18-16(14)21)13-6-4-5-12(9-13)11-19-7-2-1-3-8-19/h4-6,9-10,20H,1-3,7-8,11H2,(H,17,18,21). The molecule has 1 aliphatic rings. The van der Waals surface area contributed by atoms with Crippen molar-refractivity contribution in [1.82, 2.24) is 14.9 Å². The third-order valence-corrected chi connectivity index (χ3v) is 3.84. The van der Waals surface area contributed by atoms with Gasteiger partial charge in [-0.25, -0.2) is 4.98 Å². The van der Waals surface area contributed by atoms with Crippen LogP contribution in [0, 0.1) is 0 Å². The van der Waals surface area contributed by atoms with E-state index in [1.807, 2.05) is 18.2 Å².